The van der Waals surface area contributed by atoms with Crippen LogP contribution in [0.25, 0.3) is 0 Å². The SMILES string of the molecule is CCC(C)NC(=O)C(CC)N(Cc1ccccc1Cl)C(=O)CN(c1cccc(OC)c1)S(C)(=O)=O. The van der Waals surface area contributed by atoms with Gasteiger partial charge < -0.3 is 15.0 Å². The molecule has 2 atom stereocenters. The van der Waals surface area contributed by atoms with E-state index in [1.807, 2.05) is 20.8 Å². The summed E-state index contributed by atoms with van der Waals surface area (Å²) in [5.41, 5.74) is 0.944. The van der Waals surface area contributed by atoms with Crippen LogP contribution in [0.15, 0.2) is 48.5 Å². The normalized spacial score (nSPS) is 13.0. The second kappa shape index (κ2) is 12.8. The number of nitrogens with zero attached hydrogens (tertiary/aromatic N) is 2. The predicted octanol–water partition coefficient (Wildman–Crippen LogP) is 3.84. The average molecular weight is 524 g/mol. The summed E-state index contributed by atoms with van der Waals surface area (Å²) in [6, 6.07) is 12.6. The maximum atomic E-state index is 13.7. The van der Waals surface area contributed by atoms with Crippen molar-refractivity contribution in [2.24, 2.45) is 0 Å². The molecule has 0 aliphatic rings. The quantitative estimate of drug-likeness (QED) is 0.456. The largest absolute Gasteiger partial charge is 0.497 e. The van der Waals surface area contributed by atoms with Crippen molar-refractivity contribution in [3.63, 3.8) is 0 Å². The summed E-state index contributed by atoms with van der Waals surface area (Å²) in [5.74, 6) is -0.366. The van der Waals surface area contributed by atoms with E-state index in [1.165, 1.54) is 12.0 Å². The molecule has 2 unspecified atom stereocenters. The number of ether oxygens (including phenoxy) is 1. The zero-order chi connectivity index (χ0) is 26.2. The van der Waals surface area contributed by atoms with Crippen LogP contribution in [0.4, 0.5) is 5.69 Å². The molecule has 2 amide bonds. The first-order valence-electron chi connectivity index (χ1n) is 11.5. The average Bonchev–Trinajstić information content (AvgIpc) is 2.82. The van der Waals surface area contributed by atoms with Crippen LogP contribution < -0.4 is 14.4 Å². The van der Waals surface area contributed by atoms with Gasteiger partial charge in [-0.15, -0.1) is 0 Å². The van der Waals surface area contributed by atoms with Gasteiger partial charge in [-0.2, -0.15) is 0 Å². The first-order chi connectivity index (χ1) is 16.5. The van der Waals surface area contributed by atoms with Crippen molar-refractivity contribution in [1.29, 1.82) is 0 Å². The number of carbonyl (C=O) groups excluding carboxylic acids is 2. The van der Waals surface area contributed by atoms with Crippen molar-refractivity contribution in [2.45, 2.75) is 52.2 Å². The second-order valence-corrected chi connectivity index (χ2v) is 10.6. The predicted molar refractivity (Wildman–Crippen MR) is 139 cm³/mol. The molecule has 0 saturated heterocycles. The summed E-state index contributed by atoms with van der Waals surface area (Å²) in [5, 5.41) is 3.39. The van der Waals surface area contributed by atoms with Crippen molar-refractivity contribution < 1.29 is 22.7 Å². The molecule has 8 nitrogen and oxygen atoms in total. The van der Waals surface area contributed by atoms with Gasteiger partial charge >= 0.3 is 0 Å². The van der Waals surface area contributed by atoms with Gasteiger partial charge in [-0.25, -0.2) is 8.42 Å². The summed E-state index contributed by atoms with van der Waals surface area (Å²) < 4.78 is 31.6. The van der Waals surface area contributed by atoms with Gasteiger partial charge in [-0.3, -0.25) is 13.9 Å². The fourth-order valence-corrected chi connectivity index (χ4v) is 4.59. The number of rotatable bonds is 12. The first kappa shape index (κ1) is 28.5. The highest BCUT2D eigenvalue weighted by atomic mass is 35.5. The monoisotopic (exact) mass is 523 g/mol. The van der Waals surface area contributed by atoms with Gasteiger partial charge in [-0.1, -0.05) is 49.7 Å². The van der Waals surface area contributed by atoms with Gasteiger partial charge in [0.2, 0.25) is 21.8 Å². The van der Waals surface area contributed by atoms with Crippen molar-refractivity contribution in [3.8, 4) is 5.75 Å². The number of carbonyl (C=O) groups is 2. The van der Waals surface area contributed by atoms with E-state index in [4.69, 9.17) is 16.3 Å². The topological polar surface area (TPSA) is 96.0 Å². The number of amides is 2. The van der Waals surface area contributed by atoms with E-state index in [1.54, 1.807) is 48.5 Å². The molecule has 0 spiro atoms. The fourth-order valence-electron chi connectivity index (χ4n) is 3.55. The molecule has 0 aliphatic heterocycles. The van der Waals surface area contributed by atoms with Crippen molar-refractivity contribution >= 4 is 39.1 Å². The molecule has 10 heteroatoms. The molecule has 0 aliphatic carbocycles. The van der Waals surface area contributed by atoms with Gasteiger partial charge in [0.05, 0.1) is 19.1 Å². The molecule has 2 rings (SSSR count). The second-order valence-electron chi connectivity index (χ2n) is 8.33. The zero-order valence-corrected chi connectivity index (χ0v) is 22.4. The van der Waals surface area contributed by atoms with E-state index >= 15 is 0 Å². The Morgan fingerprint density at radius 3 is 2.34 bits per heavy atom. The van der Waals surface area contributed by atoms with Crippen LogP contribution in [-0.4, -0.2) is 57.1 Å². The highest BCUT2D eigenvalue weighted by Crippen LogP contribution is 2.25. The lowest BCUT2D eigenvalue weighted by atomic mass is 10.1. The third-order valence-electron chi connectivity index (χ3n) is 5.71. The van der Waals surface area contributed by atoms with E-state index in [0.29, 0.717) is 22.8 Å². The molecule has 0 heterocycles. The van der Waals surface area contributed by atoms with Crippen LogP contribution in [0.5, 0.6) is 5.75 Å². The minimum Gasteiger partial charge on any atom is -0.497 e. The number of nitrogens with one attached hydrogen (secondary N) is 1. The Hall–Kier alpha value is -2.78. The highest BCUT2D eigenvalue weighted by molar-refractivity contribution is 7.92. The molecule has 2 aromatic carbocycles. The summed E-state index contributed by atoms with van der Waals surface area (Å²) in [6.45, 7) is 5.23. The molecular weight excluding hydrogens is 490 g/mol. The molecular formula is C25H34ClN3O5S. The Kier molecular flexibility index (Phi) is 10.4. The van der Waals surface area contributed by atoms with Crippen molar-refractivity contribution in [2.75, 3.05) is 24.2 Å². The molecule has 0 bridgehead atoms. The molecule has 35 heavy (non-hydrogen) atoms. The maximum Gasteiger partial charge on any atom is 0.244 e. The Labute approximate surface area is 213 Å². The lowest BCUT2D eigenvalue weighted by molar-refractivity contribution is -0.140. The summed E-state index contributed by atoms with van der Waals surface area (Å²) in [6.07, 6.45) is 2.11. The van der Waals surface area contributed by atoms with E-state index in [9.17, 15) is 18.0 Å². The van der Waals surface area contributed by atoms with Crippen LogP contribution in [0.2, 0.25) is 5.02 Å². The van der Waals surface area contributed by atoms with Crippen molar-refractivity contribution in [1.82, 2.24) is 10.2 Å². The summed E-state index contributed by atoms with van der Waals surface area (Å²) >= 11 is 6.36. The Morgan fingerprint density at radius 1 is 1.09 bits per heavy atom. The minimum atomic E-state index is -3.82. The molecule has 192 valence electrons. The smallest absolute Gasteiger partial charge is 0.244 e. The van der Waals surface area contributed by atoms with Gasteiger partial charge in [0.25, 0.3) is 0 Å². The lowest BCUT2D eigenvalue weighted by Crippen LogP contribution is -2.53. The molecule has 2 aromatic rings. The van der Waals surface area contributed by atoms with E-state index < -0.39 is 28.5 Å². The Morgan fingerprint density at radius 2 is 1.77 bits per heavy atom. The fraction of sp³-hybridized carbons (Fsp3) is 0.440. The van der Waals surface area contributed by atoms with Crippen LogP contribution in [0.1, 0.15) is 39.2 Å². The Bertz CT molecular complexity index is 1130. The van der Waals surface area contributed by atoms with Crippen LogP contribution in [0.3, 0.4) is 0 Å². The minimum absolute atomic E-state index is 0.0562. The van der Waals surface area contributed by atoms with Gasteiger partial charge in [0.15, 0.2) is 0 Å². The number of halogens is 1. The van der Waals surface area contributed by atoms with Crippen molar-refractivity contribution in [3.05, 3.63) is 59.1 Å². The van der Waals surface area contributed by atoms with Crippen LogP contribution >= 0.6 is 11.6 Å². The molecule has 0 radical (unpaired) electrons. The lowest BCUT2D eigenvalue weighted by Gasteiger charge is -2.33. The number of hydrogen-bond acceptors (Lipinski definition) is 5. The molecule has 0 aromatic heterocycles. The molecule has 1 N–H and O–H groups in total. The molecule has 0 saturated carbocycles. The third kappa shape index (κ3) is 7.86. The number of methoxy groups -OCH3 is 1. The summed E-state index contributed by atoms with van der Waals surface area (Å²) in [4.78, 5) is 28.2. The zero-order valence-electron chi connectivity index (χ0n) is 20.8. The van der Waals surface area contributed by atoms with Crippen LogP contribution in [-0.2, 0) is 26.2 Å². The standard InChI is InChI=1S/C25H34ClN3O5S/c1-6-18(3)27-25(31)23(7-2)28(16-19-11-8-9-14-22(19)26)24(30)17-29(35(5,32)33)20-12-10-13-21(15-20)34-4/h8-15,18,23H,6-7,16-17H2,1-5H3,(H,27,31). The van der Waals surface area contributed by atoms with E-state index in [-0.39, 0.29) is 24.2 Å². The third-order valence-corrected chi connectivity index (χ3v) is 7.22. The maximum absolute atomic E-state index is 13.7. The highest BCUT2D eigenvalue weighted by Gasteiger charge is 2.32. The van der Waals surface area contributed by atoms with Gasteiger partial charge in [0, 0.05) is 23.7 Å². The number of sulfonamides is 1. The van der Waals surface area contributed by atoms with Crippen LogP contribution in [0, 0.1) is 0 Å². The number of benzene rings is 2. The van der Waals surface area contributed by atoms with E-state index in [2.05, 4.69) is 5.32 Å². The van der Waals surface area contributed by atoms with Gasteiger partial charge in [0.1, 0.15) is 18.3 Å². The summed E-state index contributed by atoms with van der Waals surface area (Å²) in [7, 11) is -2.35. The first-order valence-corrected chi connectivity index (χ1v) is 13.7. The number of anilines is 1. The Balaban J connectivity index is 2.46. The van der Waals surface area contributed by atoms with Gasteiger partial charge in [-0.05, 0) is 43.5 Å². The van der Waals surface area contributed by atoms with E-state index in [0.717, 1.165) is 17.0 Å². The molecule has 0 fully saturated rings. The number of hydrogen-bond donors (Lipinski definition) is 1.